The van der Waals surface area contributed by atoms with Gasteiger partial charge in [0.2, 0.25) is 0 Å². The van der Waals surface area contributed by atoms with Gasteiger partial charge in [0, 0.05) is 38.2 Å². The molecule has 0 atom stereocenters. The first-order valence-corrected chi connectivity index (χ1v) is 9.07. The lowest BCUT2D eigenvalue weighted by atomic mass is 10.1. The van der Waals surface area contributed by atoms with Crippen LogP contribution >= 0.6 is 0 Å². The zero-order valence-electron chi connectivity index (χ0n) is 16.0. The summed E-state index contributed by atoms with van der Waals surface area (Å²) in [6.07, 6.45) is 5.01. The number of unbranched alkanes of at least 4 members (excludes halogenated alkanes) is 1. The van der Waals surface area contributed by atoms with Crippen LogP contribution in [-0.2, 0) is 0 Å². The average molecular weight is 353 g/mol. The Kier molecular flexibility index (Phi) is 6.89. The van der Waals surface area contributed by atoms with E-state index in [1.54, 1.807) is 22.9 Å². The van der Waals surface area contributed by atoms with E-state index < -0.39 is 0 Å². The standard InChI is InChI=1S/C21H27N3O2/c1-5-7-11-23(4)20(25)17-13-18(15-22-14-17)21(26)24(6-2)19-10-8-9-16(3)12-19/h8-10,12-15H,5-7,11H2,1-4H3. The summed E-state index contributed by atoms with van der Waals surface area (Å²) >= 11 is 0. The van der Waals surface area contributed by atoms with Crippen LogP contribution in [0.3, 0.4) is 0 Å². The van der Waals surface area contributed by atoms with Crippen LogP contribution in [0, 0.1) is 6.92 Å². The maximum Gasteiger partial charge on any atom is 0.259 e. The zero-order chi connectivity index (χ0) is 19.1. The third kappa shape index (κ3) is 4.69. The topological polar surface area (TPSA) is 53.5 Å². The highest BCUT2D eigenvalue weighted by Gasteiger charge is 2.19. The highest BCUT2D eigenvalue weighted by Crippen LogP contribution is 2.19. The number of rotatable bonds is 7. The van der Waals surface area contributed by atoms with Gasteiger partial charge >= 0.3 is 0 Å². The summed E-state index contributed by atoms with van der Waals surface area (Å²) < 4.78 is 0. The van der Waals surface area contributed by atoms with E-state index in [9.17, 15) is 9.59 Å². The Morgan fingerprint density at radius 3 is 2.35 bits per heavy atom. The van der Waals surface area contributed by atoms with Crippen LogP contribution in [0.1, 0.15) is 53.0 Å². The minimum atomic E-state index is -0.156. The molecule has 0 saturated carbocycles. The number of benzene rings is 1. The van der Waals surface area contributed by atoms with E-state index in [2.05, 4.69) is 11.9 Å². The number of anilines is 1. The molecular weight excluding hydrogens is 326 g/mol. The van der Waals surface area contributed by atoms with Crippen LogP contribution < -0.4 is 4.90 Å². The monoisotopic (exact) mass is 353 g/mol. The third-order valence-corrected chi connectivity index (χ3v) is 4.30. The highest BCUT2D eigenvalue weighted by atomic mass is 16.2. The van der Waals surface area contributed by atoms with E-state index in [0.717, 1.165) is 24.1 Å². The molecule has 2 aromatic rings. The number of aromatic nitrogens is 1. The van der Waals surface area contributed by atoms with E-state index in [4.69, 9.17) is 0 Å². The van der Waals surface area contributed by atoms with Gasteiger partial charge < -0.3 is 9.80 Å². The molecule has 0 N–H and O–H groups in total. The largest absolute Gasteiger partial charge is 0.342 e. The van der Waals surface area contributed by atoms with Crippen molar-refractivity contribution in [3.05, 3.63) is 59.4 Å². The summed E-state index contributed by atoms with van der Waals surface area (Å²) in [6.45, 7) is 7.24. The summed E-state index contributed by atoms with van der Waals surface area (Å²) in [6, 6.07) is 9.45. The molecular formula is C21H27N3O2. The lowest BCUT2D eigenvalue weighted by Crippen LogP contribution is -2.31. The number of carbonyl (C=O) groups is 2. The number of hydrogen-bond acceptors (Lipinski definition) is 3. The van der Waals surface area contributed by atoms with Crippen molar-refractivity contribution in [2.75, 3.05) is 25.0 Å². The summed E-state index contributed by atoms with van der Waals surface area (Å²) in [7, 11) is 1.78. The van der Waals surface area contributed by atoms with Crippen molar-refractivity contribution in [1.29, 1.82) is 0 Å². The molecule has 0 unspecified atom stereocenters. The Hall–Kier alpha value is -2.69. The minimum Gasteiger partial charge on any atom is -0.342 e. The number of nitrogens with zero attached hydrogens (tertiary/aromatic N) is 3. The van der Waals surface area contributed by atoms with Gasteiger partial charge in [0.1, 0.15) is 0 Å². The number of aryl methyl sites for hydroxylation is 1. The second kappa shape index (κ2) is 9.13. The molecule has 2 rings (SSSR count). The number of pyridine rings is 1. The molecule has 1 aromatic carbocycles. The summed E-state index contributed by atoms with van der Waals surface area (Å²) in [5.41, 5.74) is 2.79. The third-order valence-electron chi connectivity index (χ3n) is 4.30. The molecule has 26 heavy (non-hydrogen) atoms. The fraction of sp³-hybridized carbons (Fsp3) is 0.381. The van der Waals surface area contributed by atoms with Gasteiger partial charge in [0.05, 0.1) is 11.1 Å². The lowest BCUT2D eigenvalue weighted by Gasteiger charge is -2.22. The van der Waals surface area contributed by atoms with E-state index in [1.807, 2.05) is 38.1 Å². The molecule has 1 heterocycles. The maximum atomic E-state index is 13.0. The van der Waals surface area contributed by atoms with Crippen LogP contribution in [0.4, 0.5) is 5.69 Å². The molecule has 1 aromatic heterocycles. The summed E-state index contributed by atoms with van der Waals surface area (Å²) in [5.74, 6) is -0.268. The maximum absolute atomic E-state index is 13.0. The second-order valence-corrected chi connectivity index (χ2v) is 6.43. The Morgan fingerprint density at radius 1 is 1.04 bits per heavy atom. The molecule has 0 aliphatic rings. The van der Waals surface area contributed by atoms with Crippen LogP contribution in [0.25, 0.3) is 0 Å². The first-order chi connectivity index (χ1) is 12.5. The van der Waals surface area contributed by atoms with Gasteiger partial charge in [-0.2, -0.15) is 0 Å². The quantitative estimate of drug-likeness (QED) is 0.758. The van der Waals surface area contributed by atoms with Crippen molar-refractivity contribution in [3.8, 4) is 0 Å². The molecule has 0 radical (unpaired) electrons. The Morgan fingerprint density at radius 2 is 1.73 bits per heavy atom. The summed E-state index contributed by atoms with van der Waals surface area (Å²) in [5, 5.41) is 0. The molecule has 0 aliphatic carbocycles. The zero-order valence-corrected chi connectivity index (χ0v) is 16.0. The fourth-order valence-corrected chi connectivity index (χ4v) is 2.79. The Bertz CT molecular complexity index is 773. The van der Waals surface area contributed by atoms with Crippen LogP contribution in [0.15, 0.2) is 42.7 Å². The van der Waals surface area contributed by atoms with Crippen LogP contribution in [0.5, 0.6) is 0 Å². The highest BCUT2D eigenvalue weighted by molar-refractivity contribution is 6.07. The first kappa shape index (κ1) is 19.6. The smallest absolute Gasteiger partial charge is 0.259 e. The first-order valence-electron chi connectivity index (χ1n) is 9.07. The van der Waals surface area contributed by atoms with E-state index in [1.165, 1.54) is 12.4 Å². The van der Waals surface area contributed by atoms with E-state index in [-0.39, 0.29) is 11.8 Å². The van der Waals surface area contributed by atoms with Crippen molar-refractivity contribution in [2.45, 2.75) is 33.6 Å². The van der Waals surface area contributed by atoms with Crippen molar-refractivity contribution >= 4 is 17.5 Å². The minimum absolute atomic E-state index is 0.112. The predicted octanol–water partition coefficient (Wildman–Crippen LogP) is 3.93. The van der Waals surface area contributed by atoms with Gasteiger partial charge in [0.15, 0.2) is 0 Å². The number of carbonyl (C=O) groups excluding carboxylic acids is 2. The number of amides is 2. The SMILES string of the molecule is CCCCN(C)C(=O)c1cncc(C(=O)N(CC)c2cccc(C)c2)c1. The molecule has 5 heteroatoms. The molecule has 0 saturated heterocycles. The summed E-state index contributed by atoms with van der Waals surface area (Å²) in [4.78, 5) is 33.0. The van der Waals surface area contributed by atoms with Gasteiger partial charge in [0.25, 0.3) is 11.8 Å². The lowest BCUT2D eigenvalue weighted by molar-refractivity contribution is 0.0793. The average Bonchev–Trinajstić information content (AvgIpc) is 2.66. The molecule has 138 valence electrons. The fourth-order valence-electron chi connectivity index (χ4n) is 2.79. The Labute approximate surface area is 155 Å². The van der Waals surface area contributed by atoms with Crippen LogP contribution in [-0.4, -0.2) is 41.8 Å². The Balaban J connectivity index is 2.25. The van der Waals surface area contributed by atoms with Gasteiger partial charge in [-0.05, 0) is 44.0 Å². The van der Waals surface area contributed by atoms with Gasteiger partial charge in [-0.1, -0.05) is 25.5 Å². The van der Waals surface area contributed by atoms with Crippen molar-refractivity contribution in [1.82, 2.24) is 9.88 Å². The molecule has 2 amide bonds. The molecule has 0 fully saturated rings. The second-order valence-electron chi connectivity index (χ2n) is 6.43. The van der Waals surface area contributed by atoms with Crippen molar-refractivity contribution in [3.63, 3.8) is 0 Å². The normalized spacial score (nSPS) is 10.5. The molecule has 0 spiro atoms. The van der Waals surface area contributed by atoms with E-state index >= 15 is 0 Å². The molecule has 0 aliphatic heterocycles. The van der Waals surface area contributed by atoms with Gasteiger partial charge in [-0.25, -0.2) is 0 Å². The van der Waals surface area contributed by atoms with Gasteiger partial charge in [-0.15, -0.1) is 0 Å². The van der Waals surface area contributed by atoms with E-state index in [0.29, 0.717) is 24.2 Å². The van der Waals surface area contributed by atoms with Gasteiger partial charge in [-0.3, -0.25) is 14.6 Å². The molecule has 5 nitrogen and oxygen atoms in total. The van der Waals surface area contributed by atoms with Crippen LogP contribution in [0.2, 0.25) is 0 Å². The molecule has 0 bridgehead atoms. The van der Waals surface area contributed by atoms with Crippen molar-refractivity contribution in [2.24, 2.45) is 0 Å². The predicted molar refractivity (Wildman–Crippen MR) is 105 cm³/mol. The number of hydrogen-bond donors (Lipinski definition) is 0. The van der Waals surface area contributed by atoms with Crippen molar-refractivity contribution < 1.29 is 9.59 Å².